The number of benzene rings is 1. The number of hydrogen-bond donors (Lipinski definition) is 3. The molecule has 13 nitrogen and oxygen atoms in total. The Morgan fingerprint density at radius 2 is 2.05 bits per heavy atom. The van der Waals surface area contributed by atoms with E-state index in [4.69, 9.17) is 0 Å². The molecule has 5 heterocycles. The van der Waals surface area contributed by atoms with E-state index in [1.807, 2.05) is 50.1 Å². The number of H-pyrrole nitrogens is 1. The summed E-state index contributed by atoms with van der Waals surface area (Å²) in [5.74, 6) is 1.19. The lowest BCUT2D eigenvalue weighted by Gasteiger charge is -2.34. The summed E-state index contributed by atoms with van der Waals surface area (Å²) in [6.07, 6.45) is 1.55. The van der Waals surface area contributed by atoms with Crippen molar-refractivity contribution < 1.29 is 4.79 Å². The zero-order valence-corrected chi connectivity index (χ0v) is 21.6. The lowest BCUT2D eigenvalue weighted by Crippen LogP contribution is -2.47. The molecule has 0 saturated carbocycles. The monoisotopic (exact) mass is 512 g/mol. The number of hydrogen-bond acceptors (Lipinski definition) is 10. The summed E-state index contributed by atoms with van der Waals surface area (Å²) in [7, 11) is 1.84. The molecular formula is C25H28N12O. The molecule has 3 aromatic heterocycles. The SMILES string of the molecule is C=C1CN(c2cc(-c3n[nH]c4ccc(NC(=O)C5=C(C)N(C)c6nnnn6[C@@H]5C)cc34)ncn2)C[C@@H](C)N1. The molecule has 0 spiro atoms. The summed E-state index contributed by atoms with van der Waals surface area (Å²) in [6, 6.07) is 7.53. The van der Waals surface area contributed by atoms with E-state index in [9.17, 15) is 4.79 Å². The Bertz CT molecular complexity index is 1600. The predicted molar refractivity (Wildman–Crippen MR) is 143 cm³/mol. The summed E-state index contributed by atoms with van der Waals surface area (Å²) in [5, 5.41) is 26.7. The number of nitrogens with one attached hydrogen (secondary N) is 3. The van der Waals surface area contributed by atoms with Crippen molar-refractivity contribution in [2.24, 2.45) is 0 Å². The van der Waals surface area contributed by atoms with Gasteiger partial charge < -0.3 is 20.4 Å². The van der Waals surface area contributed by atoms with Crippen molar-refractivity contribution >= 4 is 34.3 Å². The number of allylic oxidation sites excluding steroid dienone is 1. The van der Waals surface area contributed by atoms with Crippen LogP contribution in [-0.4, -0.2) is 72.5 Å². The van der Waals surface area contributed by atoms with E-state index in [0.29, 0.717) is 35.1 Å². The normalized spacial score (nSPS) is 19.5. The fourth-order valence-electron chi connectivity index (χ4n) is 5.14. The zero-order valence-electron chi connectivity index (χ0n) is 21.6. The topological polar surface area (TPSA) is 146 Å². The summed E-state index contributed by atoms with van der Waals surface area (Å²) in [4.78, 5) is 26.4. The number of carbonyl (C=O) groups is 1. The van der Waals surface area contributed by atoms with Crippen LogP contribution in [0.25, 0.3) is 22.3 Å². The molecule has 1 saturated heterocycles. The molecule has 13 heteroatoms. The van der Waals surface area contributed by atoms with Gasteiger partial charge in [0.2, 0.25) is 5.95 Å². The first kappa shape index (κ1) is 23.6. The van der Waals surface area contributed by atoms with Crippen LogP contribution in [0.5, 0.6) is 0 Å². The van der Waals surface area contributed by atoms with E-state index in [-0.39, 0.29) is 18.0 Å². The van der Waals surface area contributed by atoms with Crippen LogP contribution < -0.4 is 20.4 Å². The minimum absolute atomic E-state index is 0.218. The van der Waals surface area contributed by atoms with Gasteiger partial charge in [-0.15, -0.1) is 0 Å². The average Bonchev–Trinajstić information content (AvgIpc) is 3.55. The Morgan fingerprint density at radius 1 is 1.21 bits per heavy atom. The van der Waals surface area contributed by atoms with Crippen LogP contribution in [0.2, 0.25) is 0 Å². The Morgan fingerprint density at radius 3 is 2.87 bits per heavy atom. The molecule has 0 bridgehead atoms. The molecule has 194 valence electrons. The Balaban J connectivity index is 1.29. The van der Waals surface area contributed by atoms with Crippen molar-refractivity contribution in [3.8, 4) is 11.4 Å². The van der Waals surface area contributed by atoms with Crippen LogP contribution >= 0.6 is 0 Å². The van der Waals surface area contributed by atoms with Crippen LogP contribution in [0, 0.1) is 0 Å². The first-order valence-electron chi connectivity index (χ1n) is 12.3. The summed E-state index contributed by atoms with van der Waals surface area (Å²) in [5.41, 5.74) is 5.18. The molecule has 4 aromatic rings. The number of amides is 1. The van der Waals surface area contributed by atoms with Gasteiger partial charge in [0.05, 0.1) is 29.4 Å². The van der Waals surface area contributed by atoms with Gasteiger partial charge in [-0.1, -0.05) is 11.7 Å². The first-order chi connectivity index (χ1) is 18.3. The Labute approximate surface area is 218 Å². The third kappa shape index (κ3) is 3.92. The fourth-order valence-corrected chi connectivity index (χ4v) is 5.14. The van der Waals surface area contributed by atoms with Crippen molar-refractivity contribution in [3.05, 3.63) is 54.1 Å². The van der Waals surface area contributed by atoms with Crippen molar-refractivity contribution in [2.75, 3.05) is 35.3 Å². The second-order valence-corrected chi connectivity index (χ2v) is 9.74. The lowest BCUT2D eigenvalue weighted by atomic mass is 10.0. The summed E-state index contributed by atoms with van der Waals surface area (Å²) in [6.45, 7) is 11.5. The molecule has 0 unspecified atom stereocenters. The molecule has 2 aliphatic heterocycles. The highest BCUT2D eigenvalue weighted by Gasteiger charge is 2.32. The number of tetrazole rings is 1. The standard InChI is InChI=1S/C25H28N12O/c1-13-10-36(11-14(2)28-13)21-9-20(26-12-27-21)23-18-8-17(6-7-19(18)30-31-23)29-24(38)22-15(3)35(5)25-32-33-34-37(25)16(22)4/h6-9,12,14,16,28H,1,10-11H2,2-5H3,(H,29,38)(H,30,31)/t14-,16-/m1/s1. The summed E-state index contributed by atoms with van der Waals surface area (Å²) >= 11 is 0. The Hall–Kier alpha value is -4.81. The largest absolute Gasteiger partial charge is 0.383 e. The Kier molecular flexibility index (Phi) is 5.55. The van der Waals surface area contributed by atoms with Gasteiger partial charge in [-0.05, 0) is 49.4 Å². The van der Waals surface area contributed by atoms with Crippen LogP contribution in [-0.2, 0) is 4.79 Å². The minimum atomic E-state index is -0.312. The first-order valence-corrected chi connectivity index (χ1v) is 12.3. The smallest absolute Gasteiger partial charge is 0.255 e. The minimum Gasteiger partial charge on any atom is -0.383 e. The fraction of sp³-hybridized carbons (Fsp3) is 0.320. The van der Waals surface area contributed by atoms with Gasteiger partial charge in [0, 0.05) is 48.2 Å². The zero-order chi connectivity index (χ0) is 26.6. The second-order valence-electron chi connectivity index (χ2n) is 9.74. The average molecular weight is 513 g/mol. The highest BCUT2D eigenvalue weighted by Crippen LogP contribution is 2.33. The molecule has 0 aliphatic carbocycles. The molecule has 2 aliphatic rings. The van der Waals surface area contributed by atoms with Crippen molar-refractivity contribution in [2.45, 2.75) is 32.9 Å². The van der Waals surface area contributed by atoms with Gasteiger partial charge >= 0.3 is 0 Å². The lowest BCUT2D eigenvalue weighted by molar-refractivity contribution is -0.113. The number of aromatic nitrogens is 8. The maximum absolute atomic E-state index is 13.4. The maximum Gasteiger partial charge on any atom is 0.255 e. The molecule has 2 atom stereocenters. The molecular weight excluding hydrogens is 484 g/mol. The van der Waals surface area contributed by atoms with Crippen LogP contribution in [0.15, 0.2) is 54.1 Å². The number of piperazine rings is 1. The number of fused-ring (bicyclic) bond motifs is 2. The van der Waals surface area contributed by atoms with Crippen LogP contribution in [0.1, 0.15) is 26.8 Å². The van der Waals surface area contributed by atoms with E-state index in [1.54, 1.807) is 11.0 Å². The van der Waals surface area contributed by atoms with Gasteiger partial charge in [0.1, 0.15) is 17.8 Å². The number of carbonyl (C=O) groups excluding carboxylic acids is 1. The van der Waals surface area contributed by atoms with E-state index < -0.39 is 0 Å². The second kappa shape index (κ2) is 8.94. The van der Waals surface area contributed by atoms with Crippen molar-refractivity contribution in [1.82, 2.24) is 45.7 Å². The van der Waals surface area contributed by atoms with Gasteiger partial charge in [-0.3, -0.25) is 9.89 Å². The highest BCUT2D eigenvalue weighted by molar-refractivity contribution is 6.07. The van der Waals surface area contributed by atoms with Gasteiger partial charge in [-0.25, -0.2) is 14.6 Å². The van der Waals surface area contributed by atoms with E-state index in [1.165, 1.54) is 0 Å². The third-order valence-corrected chi connectivity index (χ3v) is 7.06. The van der Waals surface area contributed by atoms with Crippen molar-refractivity contribution in [3.63, 3.8) is 0 Å². The van der Waals surface area contributed by atoms with Crippen LogP contribution in [0.4, 0.5) is 17.5 Å². The van der Waals surface area contributed by atoms with Gasteiger partial charge in [0.25, 0.3) is 5.91 Å². The molecule has 3 N–H and O–H groups in total. The quantitative estimate of drug-likeness (QED) is 0.372. The number of nitrogens with zero attached hydrogens (tertiary/aromatic N) is 9. The molecule has 1 amide bonds. The van der Waals surface area contributed by atoms with E-state index in [0.717, 1.165) is 34.7 Å². The molecule has 1 aromatic carbocycles. The summed E-state index contributed by atoms with van der Waals surface area (Å²) < 4.78 is 1.64. The molecule has 0 radical (unpaired) electrons. The number of aromatic amines is 1. The third-order valence-electron chi connectivity index (χ3n) is 7.06. The maximum atomic E-state index is 13.4. The van der Waals surface area contributed by atoms with E-state index in [2.05, 4.69) is 64.7 Å². The highest BCUT2D eigenvalue weighted by atomic mass is 16.1. The molecule has 6 rings (SSSR count). The van der Waals surface area contributed by atoms with Gasteiger partial charge in [0.15, 0.2) is 0 Å². The number of anilines is 3. The predicted octanol–water partition coefficient (Wildman–Crippen LogP) is 2.24. The molecule has 38 heavy (non-hydrogen) atoms. The van der Waals surface area contributed by atoms with E-state index >= 15 is 0 Å². The molecule has 1 fully saturated rings. The number of rotatable bonds is 4. The van der Waals surface area contributed by atoms with Crippen molar-refractivity contribution in [1.29, 1.82) is 0 Å². The van der Waals surface area contributed by atoms with Gasteiger partial charge in [-0.2, -0.15) is 5.10 Å². The van der Waals surface area contributed by atoms with Crippen LogP contribution in [0.3, 0.4) is 0 Å².